The highest BCUT2D eigenvalue weighted by Crippen LogP contribution is 2.27. The number of Topliss-reactive ketones (excluding diaryl/α,β-unsaturated/α-hetero) is 1. The summed E-state index contributed by atoms with van der Waals surface area (Å²) in [6.45, 7) is 0. The van der Waals surface area contributed by atoms with Crippen LogP contribution in [0.4, 0.5) is 0 Å². The summed E-state index contributed by atoms with van der Waals surface area (Å²) < 4.78 is 1.79. The minimum atomic E-state index is 0.123. The molecule has 82 valence electrons. The van der Waals surface area contributed by atoms with Crippen LogP contribution in [0, 0.1) is 5.92 Å². The van der Waals surface area contributed by atoms with Gasteiger partial charge in [0.25, 0.3) is 0 Å². The zero-order valence-electron chi connectivity index (χ0n) is 9.02. The van der Waals surface area contributed by atoms with E-state index in [0.717, 1.165) is 19.3 Å². The Morgan fingerprint density at radius 1 is 1.67 bits per heavy atom. The quantitative estimate of drug-likeness (QED) is 0.755. The van der Waals surface area contributed by atoms with Crippen molar-refractivity contribution in [2.24, 2.45) is 18.7 Å². The summed E-state index contributed by atoms with van der Waals surface area (Å²) >= 11 is 0. The molecule has 1 aliphatic carbocycles. The molecule has 0 radical (unpaired) electrons. The van der Waals surface area contributed by atoms with Gasteiger partial charge in [0.1, 0.15) is 5.69 Å². The molecule has 4 heteroatoms. The van der Waals surface area contributed by atoms with Crippen LogP contribution < -0.4 is 5.73 Å². The van der Waals surface area contributed by atoms with Gasteiger partial charge in [0.2, 0.25) is 0 Å². The Labute approximate surface area is 89.5 Å². The van der Waals surface area contributed by atoms with E-state index in [1.54, 1.807) is 17.1 Å². The van der Waals surface area contributed by atoms with Crippen LogP contribution in [-0.4, -0.2) is 21.4 Å². The van der Waals surface area contributed by atoms with Crippen molar-refractivity contribution in [3.63, 3.8) is 0 Å². The van der Waals surface area contributed by atoms with Crippen molar-refractivity contribution >= 4 is 5.78 Å². The lowest BCUT2D eigenvalue weighted by Gasteiger charge is -2.12. The van der Waals surface area contributed by atoms with E-state index in [1.165, 1.54) is 0 Å². The zero-order valence-corrected chi connectivity index (χ0v) is 9.02. The number of aromatic nitrogens is 2. The maximum Gasteiger partial charge on any atom is 0.183 e. The monoisotopic (exact) mass is 207 g/mol. The molecule has 2 rings (SSSR count). The summed E-state index contributed by atoms with van der Waals surface area (Å²) in [5, 5.41) is 0. The van der Waals surface area contributed by atoms with E-state index in [9.17, 15) is 4.79 Å². The highest BCUT2D eigenvalue weighted by atomic mass is 16.1. The summed E-state index contributed by atoms with van der Waals surface area (Å²) in [4.78, 5) is 15.9. The molecule has 0 unspecified atom stereocenters. The molecule has 1 aromatic heterocycles. The lowest BCUT2D eigenvalue weighted by Crippen LogP contribution is -2.26. The number of rotatable bonds is 3. The van der Waals surface area contributed by atoms with Crippen molar-refractivity contribution in [3.8, 4) is 0 Å². The lowest BCUT2D eigenvalue weighted by molar-refractivity contribution is 0.0954. The second-order valence-electron chi connectivity index (χ2n) is 4.41. The fourth-order valence-electron chi connectivity index (χ4n) is 2.22. The molecule has 0 amide bonds. The van der Waals surface area contributed by atoms with E-state index in [1.807, 2.05) is 7.05 Å². The summed E-state index contributed by atoms with van der Waals surface area (Å²) in [6.07, 6.45) is 7.27. The highest BCUT2D eigenvalue weighted by Gasteiger charge is 2.26. The second kappa shape index (κ2) is 4.14. The molecular weight excluding hydrogens is 190 g/mol. The third kappa shape index (κ3) is 2.26. The Morgan fingerprint density at radius 3 is 3.00 bits per heavy atom. The van der Waals surface area contributed by atoms with E-state index in [2.05, 4.69) is 4.98 Å². The predicted octanol–water partition coefficient (Wildman–Crippen LogP) is 1.12. The standard InChI is InChI=1S/C11H17N3O/c1-14-6-10(13-7-14)11(15)5-8-3-2-4-9(8)12/h6-9H,2-5,12H2,1H3/t8-,9+/m0/s1. The van der Waals surface area contributed by atoms with Crippen molar-refractivity contribution in [1.29, 1.82) is 0 Å². The molecule has 2 N–H and O–H groups in total. The minimum Gasteiger partial charge on any atom is -0.340 e. The fraction of sp³-hybridized carbons (Fsp3) is 0.636. The Morgan fingerprint density at radius 2 is 2.47 bits per heavy atom. The molecule has 1 fully saturated rings. The molecule has 0 saturated heterocycles. The van der Waals surface area contributed by atoms with Gasteiger partial charge in [-0.25, -0.2) is 4.98 Å². The van der Waals surface area contributed by atoms with Crippen LogP contribution >= 0.6 is 0 Å². The van der Waals surface area contributed by atoms with E-state index >= 15 is 0 Å². The minimum absolute atomic E-state index is 0.123. The summed E-state index contributed by atoms with van der Waals surface area (Å²) in [6, 6.07) is 0.206. The SMILES string of the molecule is Cn1cnc(C(=O)C[C@@H]2CCC[C@H]2N)c1. The van der Waals surface area contributed by atoms with Crippen LogP contribution in [0.3, 0.4) is 0 Å². The molecule has 15 heavy (non-hydrogen) atoms. The van der Waals surface area contributed by atoms with E-state index < -0.39 is 0 Å². The highest BCUT2D eigenvalue weighted by molar-refractivity contribution is 5.94. The van der Waals surface area contributed by atoms with Gasteiger partial charge >= 0.3 is 0 Å². The number of imidazole rings is 1. The van der Waals surface area contributed by atoms with Crippen molar-refractivity contribution < 1.29 is 4.79 Å². The van der Waals surface area contributed by atoms with Gasteiger partial charge in [-0.3, -0.25) is 4.79 Å². The number of nitrogens with two attached hydrogens (primary N) is 1. The van der Waals surface area contributed by atoms with Gasteiger partial charge in [-0.2, -0.15) is 0 Å². The number of hydrogen-bond donors (Lipinski definition) is 1. The molecule has 0 bridgehead atoms. The number of aryl methyl sites for hydroxylation is 1. The number of hydrogen-bond acceptors (Lipinski definition) is 3. The Hall–Kier alpha value is -1.16. The Balaban J connectivity index is 1.97. The first kappa shape index (κ1) is 10.4. The first-order valence-electron chi connectivity index (χ1n) is 5.43. The van der Waals surface area contributed by atoms with Crippen LogP contribution in [0.5, 0.6) is 0 Å². The average molecular weight is 207 g/mol. The molecule has 4 nitrogen and oxygen atoms in total. The molecule has 1 heterocycles. The fourth-order valence-corrected chi connectivity index (χ4v) is 2.22. The summed E-state index contributed by atoms with van der Waals surface area (Å²) in [5.74, 6) is 0.484. The summed E-state index contributed by atoms with van der Waals surface area (Å²) in [7, 11) is 1.87. The van der Waals surface area contributed by atoms with Gasteiger partial charge in [0, 0.05) is 25.7 Å². The predicted molar refractivity (Wildman–Crippen MR) is 57.5 cm³/mol. The maximum absolute atomic E-state index is 11.8. The zero-order chi connectivity index (χ0) is 10.8. The lowest BCUT2D eigenvalue weighted by atomic mass is 9.97. The molecule has 0 aromatic carbocycles. The van der Waals surface area contributed by atoms with E-state index in [0.29, 0.717) is 18.0 Å². The van der Waals surface area contributed by atoms with Crippen LogP contribution in [0.15, 0.2) is 12.5 Å². The van der Waals surface area contributed by atoms with Crippen LogP contribution in [0.25, 0.3) is 0 Å². The Bertz CT molecular complexity index is 358. The van der Waals surface area contributed by atoms with Gasteiger partial charge in [-0.05, 0) is 18.8 Å². The normalized spacial score (nSPS) is 25.7. The average Bonchev–Trinajstić information content (AvgIpc) is 2.77. The van der Waals surface area contributed by atoms with Gasteiger partial charge in [0.15, 0.2) is 5.78 Å². The van der Waals surface area contributed by atoms with Crippen LogP contribution in [0.1, 0.15) is 36.2 Å². The van der Waals surface area contributed by atoms with Gasteiger partial charge in [0.05, 0.1) is 6.33 Å². The molecule has 1 aliphatic rings. The van der Waals surface area contributed by atoms with Gasteiger partial charge in [-0.15, -0.1) is 0 Å². The third-order valence-corrected chi connectivity index (χ3v) is 3.16. The van der Waals surface area contributed by atoms with Crippen molar-refractivity contribution in [2.45, 2.75) is 31.7 Å². The molecule has 1 saturated carbocycles. The number of nitrogens with zero attached hydrogens (tertiary/aromatic N) is 2. The van der Waals surface area contributed by atoms with Crippen molar-refractivity contribution in [2.75, 3.05) is 0 Å². The first-order valence-corrected chi connectivity index (χ1v) is 5.43. The second-order valence-corrected chi connectivity index (χ2v) is 4.41. The van der Waals surface area contributed by atoms with E-state index in [-0.39, 0.29) is 11.8 Å². The first-order chi connectivity index (χ1) is 7.16. The summed E-state index contributed by atoms with van der Waals surface area (Å²) in [5.41, 5.74) is 6.50. The molecule has 2 atom stereocenters. The topological polar surface area (TPSA) is 60.9 Å². The van der Waals surface area contributed by atoms with Crippen molar-refractivity contribution in [1.82, 2.24) is 9.55 Å². The van der Waals surface area contributed by atoms with Crippen LogP contribution in [-0.2, 0) is 7.05 Å². The molecule has 0 aliphatic heterocycles. The van der Waals surface area contributed by atoms with Crippen LogP contribution in [0.2, 0.25) is 0 Å². The maximum atomic E-state index is 11.8. The molecule has 1 aromatic rings. The van der Waals surface area contributed by atoms with Crippen molar-refractivity contribution in [3.05, 3.63) is 18.2 Å². The number of ketones is 1. The smallest absolute Gasteiger partial charge is 0.183 e. The number of carbonyl (C=O) groups excluding carboxylic acids is 1. The van der Waals surface area contributed by atoms with Gasteiger partial charge < -0.3 is 10.3 Å². The van der Waals surface area contributed by atoms with E-state index in [4.69, 9.17) is 5.73 Å². The Kier molecular flexibility index (Phi) is 2.86. The molecule has 0 spiro atoms. The molecular formula is C11H17N3O. The third-order valence-electron chi connectivity index (χ3n) is 3.16. The van der Waals surface area contributed by atoms with Gasteiger partial charge in [-0.1, -0.05) is 6.42 Å². The largest absolute Gasteiger partial charge is 0.340 e. The number of carbonyl (C=O) groups is 1.